The predicted molar refractivity (Wildman–Crippen MR) is 99.4 cm³/mol. The average Bonchev–Trinajstić information content (AvgIpc) is 2.96. The van der Waals surface area contributed by atoms with Crippen molar-refractivity contribution in [2.45, 2.75) is 13.3 Å². The number of allylic oxidation sites excluding steroid dienone is 5. The zero-order valence-electron chi connectivity index (χ0n) is 13.9. The van der Waals surface area contributed by atoms with Crippen LogP contribution in [0.5, 0.6) is 5.88 Å². The second-order valence-electron chi connectivity index (χ2n) is 6.09. The largest absolute Gasteiger partial charge is 0.494 e. The van der Waals surface area contributed by atoms with Gasteiger partial charge in [-0.25, -0.2) is 0 Å². The number of benzene rings is 1. The maximum atomic E-state index is 10.4. The minimum absolute atomic E-state index is 0.0869. The van der Waals surface area contributed by atoms with Gasteiger partial charge in [-0.05, 0) is 43.7 Å². The lowest BCUT2D eigenvalue weighted by atomic mass is 9.92. The molecule has 0 radical (unpaired) electrons. The molecule has 0 amide bonds. The lowest BCUT2D eigenvalue weighted by Crippen LogP contribution is -2.10. The standard InChI is InChI=1S/C20H19N3O2/c1-2-25-19(21)13-8-9-16-14(11-13)18(20(24)23-16)17-10-7-12-5-3-4-6-15(12)22-17/h3-4,6-12,21,23-24H,2,5H2,1H3. The summed E-state index contributed by atoms with van der Waals surface area (Å²) in [5, 5.41) is 19.2. The Balaban J connectivity index is 1.83. The van der Waals surface area contributed by atoms with Crippen LogP contribution in [0.3, 0.4) is 0 Å². The molecule has 2 heterocycles. The summed E-state index contributed by atoms with van der Waals surface area (Å²) < 4.78 is 5.29. The van der Waals surface area contributed by atoms with E-state index in [1.807, 2.05) is 43.4 Å². The van der Waals surface area contributed by atoms with E-state index < -0.39 is 0 Å². The van der Waals surface area contributed by atoms with Crippen LogP contribution >= 0.6 is 0 Å². The number of fused-ring (bicyclic) bond motifs is 2. The van der Waals surface area contributed by atoms with Crippen LogP contribution in [0.2, 0.25) is 0 Å². The number of nitrogens with one attached hydrogen (secondary N) is 2. The number of ether oxygens (including phenoxy) is 1. The lowest BCUT2D eigenvalue weighted by molar-refractivity contribution is 0.325. The fraction of sp³-hybridized carbons (Fsp3) is 0.200. The molecule has 0 saturated heterocycles. The topological polar surface area (TPSA) is 81.5 Å². The van der Waals surface area contributed by atoms with Crippen LogP contribution in [-0.2, 0) is 4.74 Å². The highest BCUT2D eigenvalue weighted by molar-refractivity contribution is 6.19. The summed E-state index contributed by atoms with van der Waals surface area (Å²) in [6.07, 6.45) is 11.2. The van der Waals surface area contributed by atoms with E-state index in [9.17, 15) is 5.11 Å². The Kier molecular flexibility index (Phi) is 3.76. The van der Waals surface area contributed by atoms with Gasteiger partial charge < -0.3 is 14.8 Å². The Bertz CT molecular complexity index is 976. The fourth-order valence-corrected chi connectivity index (χ4v) is 3.26. The first-order valence-electron chi connectivity index (χ1n) is 8.37. The number of dihydropyridines is 1. The summed E-state index contributed by atoms with van der Waals surface area (Å²) in [6.45, 7) is 2.30. The highest BCUT2D eigenvalue weighted by Gasteiger charge is 2.22. The van der Waals surface area contributed by atoms with Crippen molar-refractivity contribution in [2.24, 2.45) is 10.9 Å². The second kappa shape index (κ2) is 6.09. The second-order valence-corrected chi connectivity index (χ2v) is 6.09. The molecule has 25 heavy (non-hydrogen) atoms. The molecule has 0 saturated carbocycles. The van der Waals surface area contributed by atoms with Crippen LogP contribution in [0, 0.1) is 11.3 Å². The van der Waals surface area contributed by atoms with E-state index in [4.69, 9.17) is 15.1 Å². The molecule has 1 atom stereocenters. The van der Waals surface area contributed by atoms with Crippen LogP contribution in [-0.4, -0.2) is 28.3 Å². The minimum Gasteiger partial charge on any atom is -0.494 e. The molecule has 2 aromatic rings. The van der Waals surface area contributed by atoms with Gasteiger partial charge in [0, 0.05) is 28.1 Å². The number of nitrogens with zero attached hydrogens (tertiary/aromatic N) is 1. The number of hydrogen-bond donors (Lipinski definition) is 3. The molecule has 3 N–H and O–H groups in total. The van der Waals surface area contributed by atoms with Gasteiger partial charge in [-0.2, -0.15) is 0 Å². The highest BCUT2D eigenvalue weighted by Crippen LogP contribution is 2.33. The van der Waals surface area contributed by atoms with Crippen molar-refractivity contribution >= 4 is 22.5 Å². The smallest absolute Gasteiger partial charge is 0.213 e. The molecule has 5 nitrogen and oxygen atoms in total. The first-order chi connectivity index (χ1) is 12.2. The van der Waals surface area contributed by atoms with Gasteiger partial charge in [-0.1, -0.05) is 18.2 Å². The monoisotopic (exact) mass is 333 g/mol. The Hall–Kier alpha value is -3.08. The number of H-pyrrole nitrogens is 1. The SMILES string of the molecule is CCOC(=N)c1ccc2[nH]c(O)c(C3=NC4=CC=CCC4C=C3)c2c1. The Labute approximate surface area is 145 Å². The van der Waals surface area contributed by atoms with Crippen LogP contribution in [0.25, 0.3) is 10.9 Å². The van der Waals surface area contributed by atoms with Crippen molar-refractivity contribution in [2.75, 3.05) is 6.61 Å². The van der Waals surface area contributed by atoms with Crippen molar-refractivity contribution < 1.29 is 9.84 Å². The van der Waals surface area contributed by atoms with E-state index in [1.54, 1.807) is 0 Å². The molecule has 0 fully saturated rings. The van der Waals surface area contributed by atoms with Crippen LogP contribution in [0.1, 0.15) is 24.5 Å². The Morgan fingerprint density at radius 1 is 1.44 bits per heavy atom. The predicted octanol–water partition coefficient (Wildman–Crippen LogP) is 4.05. The summed E-state index contributed by atoms with van der Waals surface area (Å²) >= 11 is 0. The molecule has 2 aliphatic rings. The summed E-state index contributed by atoms with van der Waals surface area (Å²) in [4.78, 5) is 7.73. The first-order valence-corrected chi connectivity index (χ1v) is 8.37. The summed E-state index contributed by atoms with van der Waals surface area (Å²) in [5.41, 5.74) is 3.86. The molecule has 4 rings (SSSR count). The van der Waals surface area contributed by atoms with Crippen molar-refractivity contribution in [1.82, 2.24) is 4.98 Å². The van der Waals surface area contributed by atoms with Crippen LogP contribution in [0.15, 0.2) is 59.3 Å². The van der Waals surface area contributed by atoms with Gasteiger partial charge in [0.2, 0.25) is 5.90 Å². The third-order valence-electron chi connectivity index (χ3n) is 4.49. The van der Waals surface area contributed by atoms with Gasteiger partial charge in [0.15, 0.2) is 5.88 Å². The molecular formula is C20H19N3O2. The van der Waals surface area contributed by atoms with Crippen LogP contribution < -0.4 is 0 Å². The number of aromatic amines is 1. The van der Waals surface area contributed by atoms with Crippen molar-refractivity contribution in [1.29, 1.82) is 5.41 Å². The molecule has 1 aliphatic carbocycles. The third-order valence-corrected chi connectivity index (χ3v) is 4.49. The molecule has 1 aromatic heterocycles. The van der Waals surface area contributed by atoms with Gasteiger partial charge in [0.05, 0.1) is 17.9 Å². The molecule has 1 aromatic carbocycles. The van der Waals surface area contributed by atoms with Crippen molar-refractivity contribution in [3.63, 3.8) is 0 Å². The van der Waals surface area contributed by atoms with Gasteiger partial charge in [-0.15, -0.1) is 0 Å². The zero-order chi connectivity index (χ0) is 17.4. The molecule has 1 aliphatic heterocycles. The molecular weight excluding hydrogens is 314 g/mol. The first kappa shape index (κ1) is 15.4. The van der Waals surface area contributed by atoms with E-state index in [1.165, 1.54) is 0 Å². The maximum Gasteiger partial charge on any atom is 0.213 e. The van der Waals surface area contributed by atoms with E-state index in [0.717, 1.165) is 28.7 Å². The summed E-state index contributed by atoms with van der Waals surface area (Å²) in [5.74, 6) is 0.518. The zero-order valence-corrected chi connectivity index (χ0v) is 13.9. The van der Waals surface area contributed by atoms with E-state index >= 15 is 0 Å². The number of aliphatic imine (C=N–C) groups is 1. The third kappa shape index (κ3) is 2.67. The Morgan fingerprint density at radius 2 is 2.32 bits per heavy atom. The minimum atomic E-state index is 0.0869. The number of aromatic hydroxyl groups is 1. The van der Waals surface area contributed by atoms with Gasteiger partial charge >= 0.3 is 0 Å². The fourth-order valence-electron chi connectivity index (χ4n) is 3.26. The van der Waals surface area contributed by atoms with Gasteiger partial charge in [-0.3, -0.25) is 10.4 Å². The van der Waals surface area contributed by atoms with Crippen molar-refractivity contribution in [3.8, 4) is 5.88 Å². The molecule has 0 spiro atoms. The van der Waals surface area contributed by atoms with Gasteiger partial charge in [0.25, 0.3) is 0 Å². The molecule has 5 heteroatoms. The molecule has 1 unspecified atom stereocenters. The normalized spacial score (nSPS) is 18.7. The van der Waals surface area contributed by atoms with Crippen LogP contribution in [0.4, 0.5) is 0 Å². The van der Waals surface area contributed by atoms with E-state index in [0.29, 0.717) is 23.7 Å². The molecule has 0 bridgehead atoms. The lowest BCUT2D eigenvalue weighted by Gasteiger charge is -2.19. The maximum absolute atomic E-state index is 10.4. The Morgan fingerprint density at radius 3 is 3.16 bits per heavy atom. The van der Waals surface area contributed by atoms with Crippen molar-refractivity contribution in [3.05, 3.63) is 65.4 Å². The molecule has 126 valence electrons. The van der Waals surface area contributed by atoms with E-state index in [2.05, 4.69) is 17.1 Å². The highest BCUT2D eigenvalue weighted by atomic mass is 16.5. The number of aromatic nitrogens is 1. The number of rotatable bonds is 3. The quantitative estimate of drug-likeness (QED) is 0.585. The summed E-state index contributed by atoms with van der Waals surface area (Å²) in [6, 6.07) is 5.51. The van der Waals surface area contributed by atoms with E-state index in [-0.39, 0.29) is 11.8 Å². The number of hydrogen-bond acceptors (Lipinski definition) is 4. The average molecular weight is 333 g/mol. The summed E-state index contributed by atoms with van der Waals surface area (Å²) in [7, 11) is 0. The van der Waals surface area contributed by atoms with Gasteiger partial charge in [0.1, 0.15) is 0 Å².